The predicted octanol–water partition coefficient (Wildman–Crippen LogP) is 2.72. The first-order valence-corrected chi connectivity index (χ1v) is 12.0. The van der Waals surface area contributed by atoms with E-state index in [1.165, 1.54) is 6.07 Å². The average molecular weight is 444 g/mol. The van der Waals surface area contributed by atoms with Gasteiger partial charge >= 0.3 is 0 Å². The Hall–Kier alpha value is -2.71. The van der Waals surface area contributed by atoms with E-state index in [2.05, 4.69) is 10.0 Å². The zero-order chi connectivity index (χ0) is 22.4. The molecule has 0 aliphatic carbocycles. The number of rotatable bonds is 9. The van der Waals surface area contributed by atoms with Gasteiger partial charge in [-0.05, 0) is 48.6 Å². The standard InChI is InChI=1S/C23H29N3O4S/c1-3-4-14-26(2)23(28)21(15-17-8-6-5-7-9-17)25-31(29,30)19-11-12-20-18(16-19)10-13-22(27)24-20/h5-9,11-12,16,21,25H,3-4,10,13-15H2,1-2H3,(H,24,27)/t21-/m0/s1. The van der Waals surface area contributed by atoms with Crippen LogP contribution in [0.3, 0.4) is 0 Å². The van der Waals surface area contributed by atoms with Gasteiger partial charge in [0, 0.05) is 25.7 Å². The molecule has 8 heteroatoms. The minimum Gasteiger partial charge on any atom is -0.344 e. The smallest absolute Gasteiger partial charge is 0.241 e. The number of benzene rings is 2. The molecule has 2 aromatic carbocycles. The predicted molar refractivity (Wildman–Crippen MR) is 120 cm³/mol. The van der Waals surface area contributed by atoms with Crippen LogP contribution < -0.4 is 10.0 Å². The van der Waals surface area contributed by atoms with E-state index < -0.39 is 16.1 Å². The number of carbonyl (C=O) groups is 2. The molecule has 0 aromatic heterocycles. The van der Waals surface area contributed by atoms with E-state index in [1.807, 2.05) is 37.3 Å². The summed E-state index contributed by atoms with van der Waals surface area (Å²) in [6.07, 6.45) is 2.86. The van der Waals surface area contributed by atoms with Crippen LogP contribution >= 0.6 is 0 Å². The lowest BCUT2D eigenvalue weighted by atomic mass is 10.0. The number of hydrogen-bond donors (Lipinski definition) is 2. The first-order valence-electron chi connectivity index (χ1n) is 10.5. The van der Waals surface area contributed by atoms with Gasteiger partial charge in [0.2, 0.25) is 21.8 Å². The molecule has 31 heavy (non-hydrogen) atoms. The van der Waals surface area contributed by atoms with Crippen LogP contribution in [0, 0.1) is 0 Å². The summed E-state index contributed by atoms with van der Waals surface area (Å²) < 4.78 is 28.9. The number of amides is 2. The fourth-order valence-corrected chi connectivity index (χ4v) is 4.82. The molecule has 0 spiro atoms. The Morgan fingerprint density at radius 3 is 2.61 bits per heavy atom. The van der Waals surface area contributed by atoms with Gasteiger partial charge < -0.3 is 10.2 Å². The molecule has 2 amide bonds. The normalized spacial score (nSPS) is 14.5. The molecule has 2 aromatic rings. The largest absolute Gasteiger partial charge is 0.344 e. The molecule has 0 unspecified atom stereocenters. The van der Waals surface area contributed by atoms with Crippen LogP contribution in [0.25, 0.3) is 0 Å². The Kier molecular flexibility index (Phi) is 7.46. The number of carbonyl (C=O) groups excluding carboxylic acids is 2. The van der Waals surface area contributed by atoms with Crippen LogP contribution in [0.2, 0.25) is 0 Å². The summed E-state index contributed by atoms with van der Waals surface area (Å²) in [6.45, 7) is 2.61. The second-order valence-corrected chi connectivity index (χ2v) is 9.56. The van der Waals surface area contributed by atoms with E-state index in [0.29, 0.717) is 25.1 Å². The molecule has 1 atom stereocenters. The van der Waals surface area contributed by atoms with E-state index in [4.69, 9.17) is 0 Å². The molecule has 2 N–H and O–H groups in total. The lowest BCUT2D eigenvalue weighted by Crippen LogP contribution is -2.48. The van der Waals surface area contributed by atoms with Crippen molar-refractivity contribution in [2.45, 2.75) is 50.0 Å². The summed E-state index contributed by atoms with van der Waals surface area (Å²) >= 11 is 0. The van der Waals surface area contributed by atoms with Crippen molar-refractivity contribution in [3.63, 3.8) is 0 Å². The number of unbranched alkanes of at least 4 members (excludes halogenated alkanes) is 1. The second-order valence-electron chi connectivity index (χ2n) is 7.84. The number of nitrogens with zero attached hydrogens (tertiary/aromatic N) is 1. The summed E-state index contributed by atoms with van der Waals surface area (Å²) in [6, 6.07) is 13.1. The summed E-state index contributed by atoms with van der Waals surface area (Å²) in [7, 11) is -2.24. The molecule has 1 aliphatic rings. The molecule has 0 bridgehead atoms. The molecule has 0 fully saturated rings. The number of likely N-dealkylation sites (N-methyl/N-ethyl adjacent to an activating group) is 1. The topological polar surface area (TPSA) is 95.6 Å². The van der Waals surface area contributed by atoms with Gasteiger partial charge in [-0.2, -0.15) is 4.72 Å². The van der Waals surface area contributed by atoms with E-state index >= 15 is 0 Å². The SMILES string of the molecule is CCCCN(C)C(=O)[C@H](Cc1ccccc1)NS(=O)(=O)c1ccc2c(c1)CCC(=O)N2. The van der Waals surface area contributed by atoms with E-state index in [9.17, 15) is 18.0 Å². The number of nitrogens with one attached hydrogen (secondary N) is 2. The van der Waals surface area contributed by atoms with Gasteiger partial charge in [-0.1, -0.05) is 43.7 Å². The molecule has 166 valence electrons. The Labute approximate surface area is 183 Å². The van der Waals surface area contributed by atoms with E-state index in [0.717, 1.165) is 24.0 Å². The number of aryl methyl sites for hydroxylation is 1. The number of anilines is 1. The van der Waals surface area contributed by atoms with Gasteiger partial charge in [-0.3, -0.25) is 9.59 Å². The third-order valence-corrected chi connectivity index (χ3v) is 6.85. The molecular weight excluding hydrogens is 414 g/mol. The van der Waals surface area contributed by atoms with Crippen molar-refractivity contribution >= 4 is 27.5 Å². The summed E-state index contributed by atoms with van der Waals surface area (Å²) in [5, 5.41) is 2.75. The lowest BCUT2D eigenvalue weighted by Gasteiger charge is -2.25. The Bertz CT molecular complexity index is 1040. The highest BCUT2D eigenvalue weighted by atomic mass is 32.2. The van der Waals surface area contributed by atoms with Crippen LogP contribution in [0.1, 0.15) is 37.3 Å². The first kappa shape index (κ1) is 23.0. The third-order valence-electron chi connectivity index (χ3n) is 5.38. The maximum Gasteiger partial charge on any atom is 0.241 e. The molecule has 3 rings (SSSR count). The fourth-order valence-electron chi connectivity index (χ4n) is 3.58. The van der Waals surface area contributed by atoms with Crippen LogP contribution in [0.15, 0.2) is 53.4 Å². The summed E-state index contributed by atoms with van der Waals surface area (Å²) in [4.78, 5) is 26.3. The Morgan fingerprint density at radius 2 is 1.90 bits per heavy atom. The molecule has 0 saturated carbocycles. The third kappa shape index (κ3) is 5.92. The van der Waals surface area contributed by atoms with Crippen LogP contribution in [0.4, 0.5) is 5.69 Å². The van der Waals surface area contributed by atoms with Crippen molar-refractivity contribution in [1.82, 2.24) is 9.62 Å². The van der Waals surface area contributed by atoms with Gasteiger partial charge in [0.05, 0.1) is 4.90 Å². The van der Waals surface area contributed by atoms with E-state index in [-0.39, 0.29) is 23.1 Å². The lowest BCUT2D eigenvalue weighted by molar-refractivity contribution is -0.131. The van der Waals surface area contributed by atoms with Crippen molar-refractivity contribution in [2.75, 3.05) is 18.9 Å². The van der Waals surface area contributed by atoms with Crippen molar-refractivity contribution in [3.05, 3.63) is 59.7 Å². The molecule has 7 nitrogen and oxygen atoms in total. The van der Waals surface area contributed by atoms with Crippen LogP contribution in [-0.4, -0.2) is 44.8 Å². The zero-order valence-electron chi connectivity index (χ0n) is 17.9. The highest BCUT2D eigenvalue weighted by molar-refractivity contribution is 7.89. The zero-order valence-corrected chi connectivity index (χ0v) is 18.7. The molecule has 1 aliphatic heterocycles. The second kappa shape index (κ2) is 10.1. The van der Waals surface area contributed by atoms with Crippen LogP contribution in [0.5, 0.6) is 0 Å². The maximum absolute atomic E-state index is 13.2. The summed E-state index contributed by atoms with van der Waals surface area (Å²) in [5.41, 5.74) is 2.28. The van der Waals surface area contributed by atoms with Crippen LogP contribution in [-0.2, 0) is 32.5 Å². The Balaban J connectivity index is 1.85. The number of sulfonamides is 1. The van der Waals surface area contributed by atoms with Crippen molar-refractivity contribution in [1.29, 1.82) is 0 Å². The quantitative estimate of drug-likeness (QED) is 0.623. The number of fused-ring (bicyclic) bond motifs is 1. The van der Waals surface area contributed by atoms with Crippen molar-refractivity contribution < 1.29 is 18.0 Å². The molecular formula is C23H29N3O4S. The Morgan fingerprint density at radius 1 is 1.16 bits per heavy atom. The molecule has 0 radical (unpaired) electrons. The highest BCUT2D eigenvalue weighted by Crippen LogP contribution is 2.25. The monoisotopic (exact) mass is 443 g/mol. The first-order chi connectivity index (χ1) is 14.8. The van der Waals surface area contributed by atoms with Gasteiger partial charge in [0.1, 0.15) is 6.04 Å². The fraction of sp³-hybridized carbons (Fsp3) is 0.391. The van der Waals surface area contributed by atoms with Gasteiger partial charge in [-0.15, -0.1) is 0 Å². The minimum absolute atomic E-state index is 0.0788. The van der Waals surface area contributed by atoms with Gasteiger partial charge in [0.25, 0.3) is 0 Å². The van der Waals surface area contributed by atoms with E-state index in [1.54, 1.807) is 24.1 Å². The van der Waals surface area contributed by atoms with Crippen molar-refractivity contribution in [2.24, 2.45) is 0 Å². The highest BCUT2D eigenvalue weighted by Gasteiger charge is 2.29. The maximum atomic E-state index is 13.2. The summed E-state index contributed by atoms with van der Waals surface area (Å²) in [5.74, 6) is -0.337. The molecule has 0 saturated heterocycles. The average Bonchev–Trinajstić information content (AvgIpc) is 2.76. The number of hydrogen-bond acceptors (Lipinski definition) is 4. The minimum atomic E-state index is -3.94. The van der Waals surface area contributed by atoms with Gasteiger partial charge in [0.15, 0.2) is 0 Å². The van der Waals surface area contributed by atoms with Gasteiger partial charge in [-0.25, -0.2) is 8.42 Å². The van der Waals surface area contributed by atoms with Crippen molar-refractivity contribution in [3.8, 4) is 0 Å². The molecule has 1 heterocycles.